The zero-order valence-corrected chi connectivity index (χ0v) is 16.4. The van der Waals surface area contributed by atoms with Crippen LogP contribution in [0.1, 0.15) is 48.2 Å². The molecule has 1 fully saturated rings. The lowest BCUT2D eigenvalue weighted by Gasteiger charge is -2.21. The summed E-state index contributed by atoms with van der Waals surface area (Å²) in [6.45, 7) is 6.00. The van der Waals surface area contributed by atoms with E-state index in [-0.39, 0.29) is 17.4 Å². The summed E-state index contributed by atoms with van der Waals surface area (Å²) in [5.41, 5.74) is 4.66. The molecule has 2 heterocycles. The monoisotopic (exact) mass is 372 g/mol. The Hall–Kier alpha value is -3.08. The van der Waals surface area contributed by atoms with Crippen molar-refractivity contribution in [3.8, 4) is 11.4 Å². The molecule has 5 nitrogen and oxygen atoms in total. The molecule has 142 valence electrons. The van der Waals surface area contributed by atoms with Gasteiger partial charge in [-0.2, -0.15) is 0 Å². The number of nitrogens with zero attached hydrogens (tertiary/aromatic N) is 3. The quantitative estimate of drug-likeness (QED) is 0.733. The summed E-state index contributed by atoms with van der Waals surface area (Å²) in [6, 6.07) is 11.9. The van der Waals surface area contributed by atoms with Crippen LogP contribution in [0, 0.1) is 13.8 Å². The summed E-state index contributed by atoms with van der Waals surface area (Å²) in [5.74, 6) is 0.752. The van der Waals surface area contributed by atoms with Crippen LogP contribution in [0.25, 0.3) is 11.4 Å². The minimum atomic E-state index is -0.381. The Morgan fingerprint density at radius 2 is 1.75 bits per heavy atom. The van der Waals surface area contributed by atoms with Crippen LogP contribution in [0.15, 0.2) is 55.0 Å². The predicted octanol–water partition coefficient (Wildman–Crippen LogP) is 4.06. The number of aromatic nitrogens is 3. The van der Waals surface area contributed by atoms with Crippen molar-refractivity contribution in [2.45, 2.75) is 45.1 Å². The Morgan fingerprint density at radius 3 is 2.36 bits per heavy atom. The first-order valence-corrected chi connectivity index (χ1v) is 9.62. The molecule has 0 aliphatic heterocycles. The van der Waals surface area contributed by atoms with Crippen molar-refractivity contribution in [3.63, 3.8) is 0 Å². The van der Waals surface area contributed by atoms with Gasteiger partial charge in [-0.25, -0.2) is 9.97 Å². The fraction of sp³-hybridized carbons (Fsp3) is 0.304. The summed E-state index contributed by atoms with van der Waals surface area (Å²) in [5, 5.41) is 3.18. The SMILES string of the molecule is Cc1ccc(C2(C(=O)N[C@@H](C)c3cnc(-c4ccncc4)nc3C)CC2)cc1. The van der Waals surface area contributed by atoms with Crippen molar-refractivity contribution in [2.75, 3.05) is 0 Å². The molecule has 1 aliphatic rings. The molecule has 5 heteroatoms. The van der Waals surface area contributed by atoms with E-state index in [4.69, 9.17) is 0 Å². The largest absolute Gasteiger partial charge is 0.349 e. The maximum Gasteiger partial charge on any atom is 0.231 e. The van der Waals surface area contributed by atoms with Gasteiger partial charge in [0.1, 0.15) is 0 Å². The first-order valence-electron chi connectivity index (χ1n) is 9.62. The molecular weight excluding hydrogens is 348 g/mol. The van der Waals surface area contributed by atoms with Gasteiger partial charge in [-0.15, -0.1) is 0 Å². The Morgan fingerprint density at radius 1 is 1.07 bits per heavy atom. The fourth-order valence-electron chi connectivity index (χ4n) is 3.60. The molecule has 2 aromatic heterocycles. The smallest absolute Gasteiger partial charge is 0.231 e. The number of aryl methyl sites for hydroxylation is 2. The van der Waals surface area contributed by atoms with E-state index in [1.54, 1.807) is 12.4 Å². The summed E-state index contributed by atoms with van der Waals surface area (Å²) in [4.78, 5) is 26.2. The zero-order chi connectivity index (χ0) is 19.7. The Kier molecular flexibility index (Phi) is 4.67. The molecule has 3 aromatic rings. The number of nitrogens with one attached hydrogen (secondary N) is 1. The van der Waals surface area contributed by atoms with Crippen LogP contribution in [0.2, 0.25) is 0 Å². The van der Waals surface area contributed by atoms with E-state index >= 15 is 0 Å². The van der Waals surface area contributed by atoms with Crippen LogP contribution in [0.5, 0.6) is 0 Å². The molecule has 0 bridgehead atoms. The topological polar surface area (TPSA) is 67.8 Å². The summed E-state index contributed by atoms with van der Waals surface area (Å²) < 4.78 is 0. The number of hydrogen-bond acceptors (Lipinski definition) is 4. The van der Waals surface area contributed by atoms with E-state index in [9.17, 15) is 4.79 Å². The number of hydrogen-bond donors (Lipinski definition) is 1. The van der Waals surface area contributed by atoms with Crippen LogP contribution in [0.3, 0.4) is 0 Å². The maximum atomic E-state index is 13.0. The predicted molar refractivity (Wildman–Crippen MR) is 109 cm³/mol. The Balaban J connectivity index is 1.51. The number of benzene rings is 1. The van der Waals surface area contributed by atoms with Gasteiger partial charge in [-0.3, -0.25) is 9.78 Å². The van der Waals surface area contributed by atoms with Gasteiger partial charge in [-0.05, 0) is 51.3 Å². The molecule has 1 N–H and O–H groups in total. The third-order valence-corrected chi connectivity index (χ3v) is 5.56. The number of carbonyl (C=O) groups excluding carboxylic acids is 1. The highest BCUT2D eigenvalue weighted by Crippen LogP contribution is 2.48. The normalized spacial score (nSPS) is 15.7. The molecule has 0 radical (unpaired) electrons. The highest BCUT2D eigenvalue weighted by molar-refractivity contribution is 5.91. The highest BCUT2D eigenvalue weighted by Gasteiger charge is 2.51. The summed E-state index contributed by atoms with van der Waals surface area (Å²) >= 11 is 0. The lowest BCUT2D eigenvalue weighted by Crippen LogP contribution is -2.36. The van der Waals surface area contributed by atoms with E-state index in [0.29, 0.717) is 5.82 Å². The molecule has 1 aliphatic carbocycles. The van der Waals surface area contributed by atoms with Crippen LogP contribution in [-0.4, -0.2) is 20.9 Å². The first-order chi connectivity index (χ1) is 13.5. The van der Waals surface area contributed by atoms with Gasteiger partial charge < -0.3 is 5.32 Å². The van der Waals surface area contributed by atoms with E-state index < -0.39 is 0 Å². The van der Waals surface area contributed by atoms with E-state index in [1.165, 1.54) is 5.56 Å². The minimum absolute atomic E-state index is 0.0847. The molecule has 4 rings (SSSR count). The maximum absolute atomic E-state index is 13.0. The molecule has 1 aromatic carbocycles. The average Bonchev–Trinajstić information content (AvgIpc) is 3.51. The number of carbonyl (C=O) groups is 1. The minimum Gasteiger partial charge on any atom is -0.349 e. The van der Waals surface area contributed by atoms with Gasteiger partial charge in [0.05, 0.1) is 11.5 Å². The van der Waals surface area contributed by atoms with Crippen LogP contribution < -0.4 is 5.32 Å². The van der Waals surface area contributed by atoms with Gasteiger partial charge in [0.2, 0.25) is 5.91 Å². The third-order valence-electron chi connectivity index (χ3n) is 5.56. The third kappa shape index (κ3) is 3.40. The fourth-order valence-corrected chi connectivity index (χ4v) is 3.60. The zero-order valence-electron chi connectivity index (χ0n) is 16.4. The van der Waals surface area contributed by atoms with Crippen molar-refractivity contribution in [3.05, 3.63) is 77.4 Å². The second-order valence-corrected chi connectivity index (χ2v) is 7.61. The number of rotatable bonds is 5. The van der Waals surface area contributed by atoms with E-state index in [2.05, 4.69) is 51.5 Å². The van der Waals surface area contributed by atoms with Crippen molar-refractivity contribution in [1.82, 2.24) is 20.3 Å². The highest BCUT2D eigenvalue weighted by atomic mass is 16.2. The van der Waals surface area contributed by atoms with Gasteiger partial charge in [-0.1, -0.05) is 29.8 Å². The number of pyridine rings is 1. The molecule has 28 heavy (non-hydrogen) atoms. The second-order valence-electron chi connectivity index (χ2n) is 7.61. The molecule has 1 saturated carbocycles. The van der Waals surface area contributed by atoms with E-state index in [1.807, 2.05) is 32.2 Å². The Bertz CT molecular complexity index is 995. The molecule has 0 saturated heterocycles. The van der Waals surface area contributed by atoms with Crippen LogP contribution in [0.4, 0.5) is 0 Å². The summed E-state index contributed by atoms with van der Waals surface area (Å²) in [6.07, 6.45) is 7.06. The molecule has 1 amide bonds. The molecular formula is C23H24N4O. The van der Waals surface area contributed by atoms with Crippen molar-refractivity contribution >= 4 is 5.91 Å². The van der Waals surface area contributed by atoms with Crippen molar-refractivity contribution < 1.29 is 4.79 Å². The van der Waals surface area contributed by atoms with Crippen LogP contribution in [-0.2, 0) is 10.2 Å². The van der Waals surface area contributed by atoms with Crippen molar-refractivity contribution in [1.29, 1.82) is 0 Å². The standard InChI is InChI=1S/C23H24N4O/c1-15-4-6-19(7-5-15)23(10-11-23)22(28)27-17(3)20-14-25-21(26-16(20)2)18-8-12-24-13-9-18/h4-9,12-14,17H,10-11H2,1-3H3,(H,27,28)/t17-/m0/s1. The lowest BCUT2D eigenvalue weighted by molar-refractivity contribution is -0.124. The van der Waals surface area contributed by atoms with Crippen LogP contribution >= 0.6 is 0 Å². The lowest BCUT2D eigenvalue weighted by atomic mass is 9.93. The van der Waals surface area contributed by atoms with Gasteiger partial charge in [0.25, 0.3) is 0 Å². The first kappa shape index (κ1) is 18.3. The second kappa shape index (κ2) is 7.15. The number of amides is 1. The Labute approximate surface area is 165 Å². The van der Waals surface area contributed by atoms with Gasteiger partial charge in [0, 0.05) is 35.4 Å². The summed E-state index contributed by atoms with van der Waals surface area (Å²) in [7, 11) is 0. The van der Waals surface area contributed by atoms with Gasteiger partial charge >= 0.3 is 0 Å². The van der Waals surface area contributed by atoms with Gasteiger partial charge in [0.15, 0.2) is 5.82 Å². The molecule has 0 spiro atoms. The average molecular weight is 372 g/mol. The molecule has 0 unspecified atom stereocenters. The van der Waals surface area contributed by atoms with Crippen molar-refractivity contribution in [2.24, 2.45) is 0 Å². The van der Waals surface area contributed by atoms with E-state index in [0.717, 1.165) is 35.2 Å². The molecule has 1 atom stereocenters.